The van der Waals surface area contributed by atoms with Crippen LogP contribution in [-0.2, 0) is 13.0 Å². The summed E-state index contributed by atoms with van der Waals surface area (Å²) < 4.78 is 2.14. The lowest BCUT2D eigenvalue weighted by atomic mass is 10.2. The smallest absolute Gasteiger partial charge is 0.183 e. The Morgan fingerprint density at radius 1 is 1.18 bits per heavy atom. The fourth-order valence-corrected chi connectivity index (χ4v) is 2.52. The summed E-state index contributed by atoms with van der Waals surface area (Å²) in [5.41, 5.74) is 2.77. The minimum Gasteiger partial charge on any atom is -0.395 e. The first-order valence-electron chi connectivity index (χ1n) is 7.42. The number of hydrogen-bond acceptors (Lipinski definition) is 5. The van der Waals surface area contributed by atoms with E-state index < -0.39 is 0 Å². The molecule has 0 atom stereocenters. The van der Waals surface area contributed by atoms with Crippen LogP contribution in [-0.4, -0.2) is 37.8 Å². The molecule has 2 heterocycles. The number of aliphatic hydroxyl groups excluding tert-OH is 1. The van der Waals surface area contributed by atoms with Gasteiger partial charge in [-0.2, -0.15) is 0 Å². The molecular weight excluding hydrogens is 278 g/mol. The molecule has 0 radical (unpaired) electrons. The number of benzene rings is 1. The Morgan fingerprint density at radius 2 is 2.00 bits per heavy atom. The zero-order valence-corrected chi connectivity index (χ0v) is 12.5. The van der Waals surface area contributed by atoms with Gasteiger partial charge in [0.1, 0.15) is 17.7 Å². The van der Waals surface area contributed by atoms with Gasteiger partial charge in [-0.05, 0) is 5.56 Å². The Hall–Kier alpha value is -2.47. The van der Waals surface area contributed by atoms with Crippen LogP contribution in [0.2, 0.25) is 0 Å². The van der Waals surface area contributed by atoms with E-state index in [0.717, 1.165) is 24.3 Å². The molecule has 3 aromatic rings. The Morgan fingerprint density at radius 3 is 2.73 bits per heavy atom. The number of rotatable bonds is 6. The second kappa shape index (κ2) is 6.53. The molecule has 0 aliphatic heterocycles. The molecule has 0 aliphatic rings. The van der Waals surface area contributed by atoms with Gasteiger partial charge in [0.25, 0.3) is 0 Å². The average molecular weight is 297 g/mol. The third-order valence-corrected chi connectivity index (χ3v) is 3.52. The number of nitrogens with zero attached hydrogens (tertiary/aromatic N) is 4. The van der Waals surface area contributed by atoms with Gasteiger partial charge >= 0.3 is 0 Å². The summed E-state index contributed by atoms with van der Waals surface area (Å²) in [5, 5.41) is 12.2. The van der Waals surface area contributed by atoms with Crippen LogP contribution in [0.3, 0.4) is 0 Å². The first-order chi connectivity index (χ1) is 10.8. The lowest BCUT2D eigenvalue weighted by molar-refractivity contribution is 0.311. The summed E-state index contributed by atoms with van der Waals surface area (Å²) >= 11 is 0. The molecule has 0 fully saturated rings. The van der Waals surface area contributed by atoms with Crippen molar-refractivity contribution in [3.63, 3.8) is 0 Å². The van der Waals surface area contributed by atoms with Gasteiger partial charge in [0.05, 0.1) is 6.61 Å². The lowest BCUT2D eigenvalue weighted by Crippen LogP contribution is -2.10. The highest BCUT2D eigenvalue weighted by molar-refractivity contribution is 5.83. The fraction of sp³-hybridized carbons (Fsp3) is 0.312. The molecule has 0 unspecified atom stereocenters. The van der Waals surface area contributed by atoms with Gasteiger partial charge < -0.3 is 15.0 Å². The SMILES string of the molecule is CCc1nc2ncnc(NCCO)c2n1Cc1ccccc1. The number of nitrogens with one attached hydrogen (secondary N) is 1. The van der Waals surface area contributed by atoms with E-state index >= 15 is 0 Å². The molecule has 0 amide bonds. The topological polar surface area (TPSA) is 75.9 Å². The van der Waals surface area contributed by atoms with Gasteiger partial charge in [-0.1, -0.05) is 37.3 Å². The minimum absolute atomic E-state index is 0.0545. The van der Waals surface area contributed by atoms with Crippen molar-refractivity contribution in [2.45, 2.75) is 19.9 Å². The number of imidazole rings is 1. The van der Waals surface area contributed by atoms with Crippen LogP contribution in [0.1, 0.15) is 18.3 Å². The number of anilines is 1. The molecule has 0 bridgehead atoms. The summed E-state index contributed by atoms with van der Waals surface area (Å²) in [6.07, 6.45) is 2.32. The monoisotopic (exact) mass is 297 g/mol. The maximum Gasteiger partial charge on any atom is 0.183 e. The molecule has 114 valence electrons. The van der Waals surface area contributed by atoms with Crippen molar-refractivity contribution < 1.29 is 5.11 Å². The van der Waals surface area contributed by atoms with Gasteiger partial charge in [-0.25, -0.2) is 15.0 Å². The van der Waals surface area contributed by atoms with Gasteiger partial charge in [0.15, 0.2) is 11.5 Å². The Bertz CT molecular complexity index is 754. The fourth-order valence-electron chi connectivity index (χ4n) is 2.52. The number of aryl methyl sites for hydroxylation is 1. The van der Waals surface area contributed by atoms with Gasteiger partial charge in [0.2, 0.25) is 0 Å². The van der Waals surface area contributed by atoms with E-state index in [-0.39, 0.29) is 6.61 Å². The number of aliphatic hydroxyl groups is 1. The highest BCUT2D eigenvalue weighted by Gasteiger charge is 2.15. The van der Waals surface area contributed by atoms with Crippen molar-refractivity contribution in [2.24, 2.45) is 0 Å². The summed E-state index contributed by atoms with van der Waals surface area (Å²) in [5.74, 6) is 1.69. The number of aromatic nitrogens is 4. The second-order valence-corrected chi connectivity index (χ2v) is 5.00. The zero-order valence-electron chi connectivity index (χ0n) is 12.5. The standard InChI is InChI=1S/C16H19N5O/c1-2-13-20-16-14(15(17-8-9-22)18-11-19-16)21(13)10-12-6-4-3-5-7-12/h3-7,11,22H,2,8-10H2,1H3,(H,17,18,19). The van der Waals surface area contributed by atoms with E-state index in [1.165, 1.54) is 11.9 Å². The van der Waals surface area contributed by atoms with Crippen LogP contribution in [0.5, 0.6) is 0 Å². The zero-order chi connectivity index (χ0) is 15.4. The Kier molecular flexibility index (Phi) is 4.29. The molecule has 2 N–H and O–H groups in total. The summed E-state index contributed by atoms with van der Waals surface area (Å²) in [4.78, 5) is 13.2. The molecule has 2 aromatic heterocycles. The maximum atomic E-state index is 9.03. The summed E-state index contributed by atoms with van der Waals surface area (Å²) in [6.45, 7) is 3.31. The van der Waals surface area contributed by atoms with Gasteiger partial charge in [-0.15, -0.1) is 0 Å². The average Bonchev–Trinajstić information content (AvgIpc) is 2.92. The Labute approximate surface area is 128 Å². The molecule has 0 saturated heterocycles. The highest BCUT2D eigenvalue weighted by Crippen LogP contribution is 2.22. The van der Waals surface area contributed by atoms with E-state index in [9.17, 15) is 0 Å². The van der Waals surface area contributed by atoms with E-state index in [1.54, 1.807) is 0 Å². The van der Waals surface area contributed by atoms with Crippen molar-refractivity contribution in [3.8, 4) is 0 Å². The van der Waals surface area contributed by atoms with Crippen LogP contribution >= 0.6 is 0 Å². The van der Waals surface area contributed by atoms with Crippen molar-refractivity contribution in [3.05, 3.63) is 48.0 Å². The van der Waals surface area contributed by atoms with Gasteiger partial charge in [0, 0.05) is 19.5 Å². The van der Waals surface area contributed by atoms with Crippen molar-refractivity contribution >= 4 is 17.0 Å². The van der Waals surface area contributed by atoms with Gasteiger partial charge in [-0.3, -0.25) is 0 Å². The maximum absolute atomic E-state index is 9.03. The molecule has 3 rings (SSSR count). The van der Waals surface area contributed by atoms with Crippen LogP contribution < -0.4 is 5.32 Å². The third kappa shape index (κ3) is 2.78. The Balaban J connectivity index is 2.09. The minimum atomic E-state index is 0.0545. The molecule has 6 heteroatoms. The second-order valence-electron chi connectivity index (χ2n) is 5.00. The van der Waals surface area contributed by atoms with E-state index in [4.69, 9.17) is 5.11 Å². The number of fused-ring (bicyclic) bond motifs is 1. The van der Waals surface area contributed by atoms with E-state index in [0.29, 0.717) is 18.0 Å². The van der Waals surface area contributed by atoms with Crippen LogP contribution in [0.25, 0.3) is 11.2 Å². The van der Waals surface area contributed by atoms with Crippen LogP contribution in [0.15, 0.2) is 36.7 Å². The molecular formula is C16H19N5O. The summed E-state index contributed by atoms with van der Waals surface area (Å²) in [6, 6.07) is 10.3. The van der Waals surface area contributed by atoms with Crippen LogP contribution in [0.4, 0.5) is 5.82 Å². The highest BCUT2D eigenvalue weighted by atomic mass is 16.3. The molecule has 0 spiro atoms. The molecule has 1 aromatic carbocycles. The first-order valence-corrected chi connectivity index (χ1v) is 7.42. The predicted molar refractivity (Wildman–Crippen MR) is 85.8 cm³/mol. The molecule has 0 aliphatic carbocycles. The third-order valence-electron chi connectivity index (χ3n) is 3.52. The van der Waals surface area contributed by atoms with Crippen molar-refractivity contribution in [1.82, 2.24) is 19.5 Å². The lowest BCUT2D eigenvalue weighted by Gasteiger charge is -2.11. The number of hydrogen-bond donors (Lipinski definition) is 2. The first kappa shape index (κ1) is 14.5. The largest absolute Gasteiger partial charge is 0.395 e. The van der Waals surface area contributed by atoms with Crippen molar-refractivity contribution in [1.29, 1.82) is 0 Å². The molecule has 0 saturated carbocycles. The summed E-state index contributed by atoms with van der Waals surface area (Å²) in [7, 11) is 0. The normalized spacial score (nSPS) is 11.0. The predicted octanol–water partition coefficient (Wildman–Crippen LogP) is 1.84. The van der Waals surface area contributed by atoms with Crippen LogP contribution in [0, 0.1) is 0 Å². The quantitative estimate of drug-likeness (QED) is 0.726. The molecule has 22 heavy (non-hydrogen) atoms. The van der Waals surface area contributed by atoms with Crippen molar-refractivity contribution in [2.75, 3.05) is 18.5 Å². The van der Waals surface area contributed by atoms with E-state index in [1.807, 2.05) is 18.2 Å². The van der Waals surface area contributed by atoms with E-state index in [2.05, 4.69) is 43.9 Å². The molecule has 6 nitrogen and oxygen atoms in total.